The van der Waals surface area contributed by atoms with Gasteiger partial charge in [-0.05, 0) is 11.6 Å². The predicted molar refractivity (Wildman–Crippen MR) is 55.4 cm³/mol. The zero-order chi connectivity index (χ0) is 11.1. The predicted octanol–water partition coefficient (Wildman–Crippen LogP) is 1.02. The Kier molecular flexibility index (Phi) is 5.09. The molecule has 0 fully saturated rings. The van der Waals surface area contributed by atoms with Crippen LogP contribution in [0.1, 0.15) is 26.2 Å². The van der Waals surface area contributed by atoms with Crippen LogP contribution < -0.4 is 0 Å². The number of aromatic amines is 1. The topological polar surface area (TPSA) is 80.8 Å². The highest BCUT2D eigenvalue weighted by Gasteiger charge is 2.16. The molecule has 6 nitrogen and oxygen atoms in total. The molecular formula is C8H14N4O2S. The Labute approximate surface area is 92.2 Å². The zero-order valence-electron chi connectivity index (χ0n) is 8.77. The average Bonchev–Trinajstić information content (AvgIpc) is 2.70. The number of esters is 1. The number of nitrogens with zero attached hydrogens (tertiary/aromatic N) is 3. The van der Waals surface area contributed by atoms with E-state index < -0.39 is 0 Å². The molecule has 1 heterocycles. The van der Waals surface area contributed by atoms with Crippen molar-refractivity contribution in [1.29, 1.82) is 0 Å². The van der Waals surface area contributed by atoms with Gasteiger partial charge in [0.2, 0.25) is 5.16 Å². The van der Waals surface area contributed by atoms with Crippen LogP contribution in [0.5, 0.6) is 0 Å². The van der Waals surface area contributed by atoms with Gasteiger partial charge in [-0.1, -0.05) is 25.1 Å². The van der Waals surface area contributed by atoms with Gasteiger partial charge >= 0.3 is 5.97 Å². The van der Waals surface area contributed by atoms with Gasteiger partial charge in [0.15, 0.2) is 0 Å². The van der Waals surface area contributed by atoms with E-state index in [1.807, 2.05) is 0 Å². The first-order valence-electron chi connectivity index (χ1n) is 4.73. The molecule has 0 amide bonds. The first-order chi connectivity index (χ1) is 7.26. The Bertz CT molecular complexity index is 291. The lowest BCUT2D eigenvalue weighted by Gasteiger charge is -2.11. The van der Waals surface area contributed by atoms with Gasteiger partial charge in [0, 0.05) is 5.25 Å². The number of thioether (sulfide) groups is 1. The molecule has 0 aliphatic rings. The molecule has 0 aliphatic carbocycles. The Morgan fingerprint density at radius 3 is 3.00 bits per heavy atom. The molecule has 0 saturated carbocycles. The molecular weight excluding hydrogens is 216 g/mol. The molecule has 1 rings (SSSR count). The van der Waals surface area contributed by atoms with Crippen molar-refractivity contribution in [2.45, 2.75) is 36.6 Å². The molecule has 0 radical (unpaired) electrons. The van der Waals surface area contributed by atoms with E-state index in [0.29, 0.717) is 11.6 Å². The van der Waals surface area contributed by atoms with Gasteiger partial charge in [-0.25, -0.2) is 0 Å². The molecule has 1 aromatic heterocycles. The number of carbonyl (C=O) groups is 1. The Morgan fingerprint density at radius 2 is 2.47 bits per heavy atom. The summed E-state index contributed by atoms with van der Waals surface area (Å²) in [4.78, 5) is 11.1. The van der Waals surface area contributed by atoms with Crippen molar-refractivity contribution in [2.75, 3.05) is 7.11 Å². The maximum Gasteiger partial charge on any atom is 0.306 e. The van der Waals surface area contributed by atoms with E-state index in [1.165, 1.54) is 18.9 Å². The third-order valence-electron chi connectivity index (χ3n) is 1.83. The van der Waals surface area contributed by atoms with E-state index in [9.17, 15) is 4.79 Å². The van der Waals surface area contributed by atoms with E-state index in [0.717, 1.165) is 12.8 Å². The van der Waals surface area contributed by atoms with Crippen LogP contribution in [0.15, 0.2) is 5.16 Å². The number of tetrazole rings is 1. The number of rotatable bonds is 6. The highest BCUT2D eigenvalue weighted by molar-refractivity contribution is 7.99. The monoisotopic (exact) mass is 230 g/mol. The minimum absolute atomic E-state index is 0.153. The van der Waals surface area contributed by atoms with E-state index in [2.05, 4.69) is 32.3 Å². The maximum atomic E-state index is 11.1. The smallest absolute Gasteiger partial charge is 0.306 e. The summed E-state index contributed by atoms with van der Waals surface area (Å²) in [6.07, 6.45) is 2.31. The summed E-state index contributed by atoms with van der Waals surface area (Å²) in [6, 6.07) is 0. The first kappa shape index (κ1) is 12.0. The standard InChI is InChI=1S/C8H14N4O2S/c1-3-4-6(5-7(13)14-2)15-8-9-11-12-10-8/h6H,3-5H2,1-2H3,(H,9,10,11,12). The summed E-state index contributed by atoms with van der Waals surface area (Å²) in [5.74, 6) is -0.204. The summed E-state index contributed by atoms with van der Waals surface area (Å²) in [5, 5.41) is 14.2. The molecule has 1 atom stereocenters. The van der Waals surface area contributed by atoms with Crippen molar-refractivity contribution in [2.24, 2.45) is 0 Å². The van der Waals surface area contributed by atoms with Crippen molar-refractivity contribution in [3.05, 3.63) is 0 Å². The summed E-state index contributed by atoms with van der Waals surface area (Å²) in [5.41, 5.74) is 0. The molecule has 84 valence electrons. The molecule has 7 heteroatoms. The van der Waals surface area contributed by atoms with Crippen LogP contribution in [0.4, 0.5) is 0 Å². The Hall–Kier alpha value is -1.11. The third kappa shape index (κ3) is 4.28. The molecule has 1 N–H and O–H groups in total. The number of aromatic nitrogens is 4. The van der Waals surface area contributed by atoms with Crippen molar-refractivity contribution in [3.8, 4) is 0 Å². The molecule has 0 aromatic carbocycles. The van der Waals surface area contributed by atoms with Gasteiger partial charge in [0.25, 0.3) is 0 Å². The minimum Gasteiger partial charge on any atom is -0.469 e. The van der Waals surface area contributed by atoms with Crippen molar-refractivity contribution in [3.63, 3.8) is 0 Å². The summed E-state index contributed by atoms with van der Waals surface area (Å²) >= 11 is 1.45. The molecule has 0 aliphatic heterocycles. The highest BCUT2D eigenvalue weighted by Crippen LogP contribution is 2.25. The van der Waals surface area contributed by atoms with Gasteiger partial charge in [0.05, 0.1) is 13.5 Å². The van der Waals surface area contributed by atoms with E-state index in [-0.39, 0.29) is 11.2 Å². The molecule has 0 saturated heterocycles. The van der Waals surface area contributed by atoms with Crippen molar-refractivity contribution >= 4 is 17.7 Å². The fourth-order valence-corrected chi connectivity index (χ4v) is 2.20. The molecule has 1 unspecified atom stereocenters. The molecule has 1 aromatic rings. The van der Waals surface area contributed by atoms with Crippen LogP contribution in [0.2, 0.25) is 0 Å². The zero-order valence-corrected chi connectivity index (χ0v) is 9.58. The molecule has 0 spiro atoms. The van der Waals surface area contributed by atoms with E-state index in [1.54, 1.807) is 0 Å². The quantitative estimate of drug-likeness (QED) is 0.580. The van der Waals surface area contributed by atoms with Crippen LogP contribution in [0.3, 0.4) is 0 Å². The summed E-state index contributed by atoms with van der Waals surface area (Å²) in [7, 11) is 1.39. The maximum absolute atomic E-state index is 11.1. The van der Waals surface area contributed by atoms with Crippen molar-refractivity contribution < 1.29 is 9.53 Å². The molecule has 15 heavy (non-hydrogen) atoms. The van der Waals surface area contributed by atoms with Gasteiger partial charge in [0.1, 0.15) is 0 Å². The van der Waals surface area contributed by atoms with Gasteiger partial charge in [-0.2, -0.15) is 5.21 Å². The third-order valence-corrected chi connectivity index (χ3v) is 2.95. The van der Waals surface area contributed by atoms with E-state index in [4.69, 9.17) is 0 Å². The van der Waals surface area contributed by atoms with Gasteiger partial charge in [-0.3, -0.25) is 4.79 Å². The lowest BCUT2D eigenvalue weighted by atomic mass is 10.2. The number of ether oxygens (including phenoxy) is 1. The number of methoxy groups -OCH3 is 1. The van der Waals surface area contributed by atoms with Gasteiger partial charge < -0.3 is 4.74 Å². The second-order valence-corrected chi connectivity index (χ2v) is 4.27. The number of hydrogen-bond acceptors (Lipinski definition) is 6. The first-order valence-corrected chi connectivity index (χ1v) is 5.61. The number of carbonyl (C=O) groups excluding carboxylic acids is 1. The van der Waals surface area contributed by atoms with Crippen LogP contribution in [-0.2, 0) is 9.53 Å². The Balaban J connectivity index is 2.46. The SMILES string of the molecule is CCCC(CC(=O)OC)Sc1nn[nH]n1. The van der Waals surface area contributed by atoms with Crippen LogP contribution in [-0.4, -0.2) is 39.0 Å². The number of H-pyrrole nitrogens is 1. The highest BCUT2D eigenvalue weighted by atomic mass is 32.2. The summed E-state index contributed by atoms with van der Waals surface area (Å²) < 4.78 is 4.63. The second kappa shape index (κ2) is 6.39. The van der Waals surface area contributed by atoms with Crippen LogP contribution in [0, 0.1) is 0 Å². The van der Waals surface area contributed by atoms with Crippen LogP contribution >= 0.6 is 11.8 Å². The second-order valence-electron chi connectivity index (χ2n) is 3.00. The van der Waals surface area contributed by atoms with E-state index >= 15 is 0 Å². The lowest BCUT2D eigenvalue weighted by molar-refractivity contribution is -0.140. The lowest BCUT2D eigenvalue weighted by Crippen LogP contribution is -2.12. The fraction of sp³-hybridized carbons (Fsp3) is 0.750. The Morgan fingerprint density at radius 1 is 1.67 bits per heavy atom. The molecule has 0 bridgehead atoms. The fourth-order valence-electron chi connectivity index (χ4n) is 1.15. The summed E-state index contributed by atoms with van der Waals surface area (Å²) in [6.45, 7) is 2.07. The minimum atomic E-state index is -0.204. The van der Waals surface area contributed by atoms with Crippen LogP contribution in [0.25, 0.3) is 0 Å². The average molecular weight is 230 g/mol. The number of nitrogens with one attached hydrogen (secondary N) is 1. The van der Waals surface area contributed by atoms with Crippen molar-refractivity contribution in [1.82, 2.24) is 20.6 Å². The van der Waals surface area contributed by atoms with Gasteiger partial charge in [-0.15, -0.1) is 10.2 Å². The number of hydrogen-bond donors (Lipinski definition) is 1. The normalized spacial score (nSPS) is 12.4. The largest absolute Gasteiger partial charge is 0.469 e.